The molecular weight excluding hydrogens is 735 g/mol. The molecule has 0 radical (unpaired) electrons. The van der Waals surface area contributed by atoms with Gasteiger partial charge in [-0.05, 0) is 51.3 Å². The number of hydrogen-bond donors (Lipinski definition) is 9. The van der Waals surface area contributed by atoms with Crippen molar-refractivity contribution in [1.82, 2.24) is 26.2 Å². The fourth-order valence-corrected chi connectivity index (χ4v) is 7.42. The summed E-state index contributed by atoms with van der Waals surface area (Å²) < 4.78 is 11.6. The molecule has 10 N–H and O–H groups in total. The maximum Gasteiger partial charge on any atom is 0.243 e. The van der Waals surface area contributed by atoms with E-state index < -0.39 is 35.9 Å². The molecule has 2 fully saturated rings. The lowest BCUT2D eigenvalue weighted by Gasteiger charge is -2.28. The van der Waals surface area contributed by atoms with Crippen LogP contribution in [0.2, 0.25) is 0 Å². The molecule has 1 unspecified atom stereocenters. The molecule has 1 aromatic heterocycles. The van der Waals surface area contributed by atoms with Gasteiger partial charge in [-0.25, -0.2) is 0 Å². The standard InChI is InChI=1S/C37H55N7O10S/c1-22(28-14-24(20-55-28)35(38)39-3)43-36(52)26-15-37(21-53-13-11-41-31(48)18-40-17-27(46)34(51)33(50)23(2)45)16-29(37)44(26)32(49)19-42-30(47)10-7-12-54-25-8-5-4-6-9-25/h4-6,8-9,14,20,22-23,26-27,29,33-34,40,45-46,50-51H,7,10-13,15-19,21H2,1-3H3,(H2,38,39)(H,41,48)(H,42,47)(H,43,52)/t22-,23+,26+,27+,29+,33+,34+,37?/m1/s1. The van der Waals surface area contributed by atoms with Crippen molar-refractivity contribution in [3.05, 3.63) is 52.2 Å². The Morgan fingerprint density at radius 3 is 2.47 bits per heavy atom. The molecule has 18 heteroatoms. The number of aliphatic hydroxyl groups is 4. The molecule has 0 spiro atoms. The molecule has 1 aromatic carbocycles. The van der Waals surface area contributed by atoms with Crippen LogP contribution < -0.4 is 31.7 Å². The number of para-hydroxylation sites is 1. The molecular formula is C37H55N7O10S. The molecule has 2 aliphatic rings. The third-order valence-electron chi connectivity index (χ3n) is 9.78. The Hall–Kier alpha value is -4.17. The first kappa shape index (κ1) is 43.6. The van der Waals surface area contributed by atoms with Crippen LogP contribution in [0.25, 0.3) is 0 Å². The number of piperidine rings is 1. The van der Waals surface area contributed by atoms with Crippen molar-refractivity contribution < 1.29 is 49.1 Å². The van der Waals surface area contributed by atoms with Crippen LogP contribution in [0.1, 0.15) is 56.0 Å². The number of carbonyl (C=O) groups excluding carboxylic acids is 4. The lowest BCUT2D eigenvalue weighted by molar-refractivity contribution is -0.140. The molecule has 2 aromatic rings. The highest BCUT2D eigenvalue weighted by Crippen LogP contribution is 2.59. The normalized spacial score (nSPS) is 21.8. The first-order valence-electron chi connectivity index (χ1n) is 18.4. The summed E-state index contributed by atoms with van der Waals surface area (Å²) in [5, 5.41) is 51.9. The number of benzene rings is 1. The van der Waals surface area contributed by atoms with E-state index in [-0.39, 0.29) is 81.5 Å². The van der Waals surface area contributed by atoms with Crippen molar-refractivity contribution in [2.75, 3.05) is 53.0 Å². The summed E-state index contributed by atoms with van der Waals surface area (Å²) in [4.78, 5) is 58.7. The number of hydrogen-bond acceptors (Lipinski definition) is 13. The van der Waals surface area contributed by atoms with Crippen LogP contribution in [0.4, 0.5) is 0 Å². The fourth-order valence-electron chi connectivity index (χ4n) is 6.51. The number of ether oxygens (including phenoxy) is 2. The number of carbonyl (C=O) groups is 4. The Bertz CT molecular complexity index is 1610. The molecule has 8 atom stereocenters. The Morgan fingerprint density at radius 2 is 1.76 bits per heavy atom. The lowest BCUT2D eigenvalue weighted by atomic mass is 10.00. The van der Waals surface area contributed by atoms with Crippen molar-refractivity contribution >= 4 is 40.8 Å². The number of amidine groups is 1. The molecule has 1 aliphatic carbocycles. The number of amides is 4. The fraction of sp³-hybridized carbons (Fsp3) is 0.595. The number of nitrogens with two attached hydrogens (primary N) is 1. The average Bonchev–Trinajstić information content (AvgIpc) is 3.47. The molecule has 2 heterocycles. The van der Waals surface area contributed by atoms with E-state index in [0.29, 0.717) is 37.5 Å². The van der Waals surface area contributed by atoms with E-state index in [1.165, 1.54) is 18.3 Å². The summed E-state index contributed by atoms with van der Waals surface area (Å²) >= 11 is 1.44. The molecule has 4 rings (SSSR count). The first-order valence-corrected chi connectivity index (χ1v) is 19.3. The van der Waals surface area contributed by atoms with Crippen LogP contribution in [0.3, 0.4) is 0 Å². The van der Waals surface area contributed by atoms with Gasteiger partial charge in [0.2, 0.25) is 23.6 Å². The third kappa shape index (κ3) is 12.4. The van der Waals surface area contributed by atoms with E-state index in [2.05, 4.69) is 26.3 Å². The van der Waals surface area contributed by atoms with Gasteiger partial charge in [-0.3, -0.25) is 24.2 Å². The second-order valence-corrected chi connectivity index (χ2v) is 15.0. The predicted octanol–water partition coefficient (Wildman–Crippen LogP) is -1.22. The van der Waals surface area contributed by atoms with E-state index in [0.717, 1.165) is 10.4 Å². The number of aliphatic hydroxyl groups excluding tert-OH is 4. The van der Waals surface area contributed by atoms with Gasteiger partial charge in [0.25, 0.3) is 0 Å². The van der Waals surface area contributed by atoms with Gasteiger partial charge in [-0.2, -0.15) is 0 Å². The molecule has 1 saturated heterocycles. The van der Waals surface area contributed by atoms with Crippen LogP contribution in [-0.4, -0.2) is 144 Å². The highest BCUT2D eigenvalue weighted by atomic mass is 32.1. The molecule has 0 bridgehead atoms. The Labute approximate surface area is 324 Å². The first-order chi connectivity index (χ1) is 26.3. The number of likely N-dealkylation sites (tertiary alicyclic amines) is 1. The third-order valence-corrected chi connectivity index (χ3v) is 10.9. The number of rotatable bonds is 23. The predicted molar refractivity (Wildman–Crippen MR) is 204 cm³/mol. The minimum atomic E-state index is -1.59. The summed E-state index contributed by atoms with van der Waals surface area (Å²) in [6, 6.07) is 9.74. The van der Waals surface area contributed by atoms with E-state index in [4.69, 9.17) is 15.2 Å². The van der Waals surface area contributed by atoms with Crippen molar-refractivity contribution in [3.8, 4) is 5.75 Å². The highest BCUT2D eigenvalue weighted by molar-refractivity contribution is 7.10. The summed E-state index contributed by atoms with van der Waals surface area (Å²) in [7, 11) is 1.60. The second-order valence-electron chi connectivity index (χ2n) is 14.0. The zero-order valence-electron chi connectivity index (χ0n) is 31.5. The van der Waals surface area contributed by atoms with E-state index in [1.54, 1.807) is 11.9 Å². The molecule has 17 nitrogen and oxygen atoms in total. The van der Waals surface area contributed by atoms with Gasteiger partial charge in [0, 0.05) is 53.8 Å². The van der Waals surface area contributed by atoms with Crippen LogP contribution in [-0.2, 0) is 23.9 Å². The SMILES string of the molecule is CN=C(N)c1csc([C@@H](C)NC(=O)[C@@H]2CC3(COCCNC(=O)CNC[C@H](O)[C@H](O)[C@@H](O)[C@H](C)O)C[C@@H]3N2C(=O)CNC(=O)CCCOc2ccccc2)c1. The van der Waals surface area contributed by atoms with Crippen LogP contribution in [0.15, 0.2) is 46.8 Å². The van der Waals surface area contributed by atoms with Crippen molar-refractivity contribution in [2.24, 2.45) is 16.1 Å². The van der Waals surface area contributed by atoms with Crippen molar-refractivity contribution in [1.29, 1.82) is 0 Å². The molecule has 4 amide bonds. The summed E-state index contributed by atoms with van der Waals surface area (Å²) in [6.07, 6.45) is -4.13. The largest absolute Gasteiger partial charge is 0.494 e. The Kier molecular flexibility index (Phi) is 16.4. The van der Waals surface area contributed by atoms with Gasteiger partial charge in [0.1, 0.15) is 29.8 Å². The van der Waals surface area contributed by atoms with Crippen LogP contribution in [0, 0.1) is 5.41 Å². The molecule has 1 aliphatic heterocycles. The number of aliphatic imine (C=N–C) groups is 1. The summed E-state index contributed by atoms with van der Waals surface area (Å²) in [6.45, 7) is 3.46. The number of nitrogens with one attached hydrogen (secondary N) is 4. The van der Waals surface area contributed by atoms with E-state index in [1.807, 2.05) is 48.7 Å². The van der Waals surface area contributed by atoms with Gasteiger partial charge in [-0.1, -0.05) is 18.2 Å². The zero-order chi connectivity index (χ0) is 40.1. The maximum atomic E-state index is 13.8. The van der Waals surface area contributed by atoms with Crippen LogP contribution in [0.5, 0.6) is 5.75 Å². The Balaban J connectivity index is 1.26. The van der Waals surface area contributed by atoms with Crippen molar-refractivity contribution in [2.45, 2.75) is 82.1 Å². The van der Waals surface area contributed by atoms with E-state index >= 15 is 0 Å². The minimum absolute atomic E-state index is 0.166. The monoisotopic (exact) mass is 789 g/mol. The van der Waals surface area contributed by atoms with Crippen LogP contribution >= 0.6 is 11.3 Å². The van der Waals surface area contributed by atoms with Gasteiger partial charge < -0.3 is 61.8 Å². The minimum Gasteiger partial charge on any atom is -0.494 e. The molecule has 1 saturated carbocycles. The number of thiophene rings is 1. The molecule has 55 heavy (non-hydrogen) atoms. The van der Waals surface area contributed by atoms with E-state index in [9.17, 15) is 39.6 Å². The van der Waals surface area contributed by atoms with Gasteiger partial charge in [-0.15, -0.1) is 11.3 Å². The number of nitrogens with zero attached hydrogens (tertiary/aromatic N) is 2. The maximum absolute atomic E-state index is 13.8. The van der Waals surface area contributed by atoms with Gasteiger partial charge >= 0.3 is 0 Å². The molecule has 304 valence electrons. The number of fused-ring (bicyclic) bond motifs is 1. The quantitative estimate of drug-likeness (QED) is 0.0365. The summed E-state index contributed by atoms with van der Waals surface area (Å²) in [5.74, 6) is -0.272. The average molecular weight is 790 g/mol. The van der Waals surface area contributed by atoms with Crippen molar-refractivity contribution in [3.63, 3.8) is 0 Å². The van der Waals surface area contributed by atoms with Gasteiger partial charge in [0.15, 0.2) is 0 Å². The van der Waals surface area contributed by atoms with Gasteiger partial charge in [0.05, 0.1) is 51.2 Å². The lowest BCUT2D eigenvalue weighted by Crippen LogP contribution is -2.51. The smallest absolute Gasteiger partial charge is 0.243 e. The zero-order valence-corrected chi connectivity index (χ0v) is 32.3. The summed E-state index contributed by atoms with van der Waals surface area (Å²) in [5.41, 5.74) is 6.26. The second kappa shape index (κ2) is 20.7. The topological polar surface area (TPSA) is 257 Å². The Morgan fingerprint density at radius 1 is 1.02 bits per heavy atom. The highest BCUT2D eigenvalue weighted by Gasteiger charge is 2.67.